The number of carbonyl (C=O) groups is 1. The summed E-state index contributed by atoms with van der Waals surface area (Å²) in [6.45, 7) is 2.38. The molecule has 0 aliphatic heterocycles. The van der Waals surface area contributed by atoms with Gasteiger partial charge in [0.2, 0.25) is 5.91 Å². The Morgan fingerprint density at radius 2 is 1.87 bits per heavy atom. The molecule has 0 aliphatic rings. The maximum Gasteiger partial charge on any atom is 0.227 e. The molecule has 3 rings (SSSR count). The molecule has 1 heterocycles. The van der Waals surface area contributed by atoms with Crippen molar-refractivity contribution in [3.8, 4) is 0 Å². The predicted octanol–water partition coefficient (Wildman–Crippen LogP) is 4.31. The monoisotopic (exact) mass is 324 g/mol. The molecule has 1 unspecified atom stereocenters. The predicted molar refractivity (Wildman–Crippen MR) is 93.5 cm³/mol. The second-order valence-electron chi connectivity index (χ2n) is 5.48. The zero-order valence-corrected chi connectivity index (χ0v) is 13.5. The van der Waals surface area contributed by atoms with Crippen LogP contribution < -0.4 is 5.32 Å². The van der Waals surface area contributed by atoms with Crippen molar-refractivity contribution in [1.29, 1.82) is 0 Å². The normalized spacial score (nSPS) is 12.1. The van der Waals surface area contributed by atoms with Crippen molar-refractivity contribution in [2.24, 2.45) is 0 Å². The first-order valence-corrected chi connectivity index (χ1v) is 7.89. The zero-order chi connectivity index (χ0) is 16.2. The molecular weight excluding hydrogens is 308 g/mol. The molecule has 2 aromatic carbocycles. The number of carbonyl (C=O) groups excluding carboxylic acids is 1. The van der Waals surface area contributed by atoms with E-state index in [0.717, 1.165) is 22.0 Å². The highest BCUT2D eigenvalue weighted by molar-refractivity contribution is 6.30. The summed E-state index contributed by atoms with van der Waals surface area (Å²) < 4.78 is 0. The van der Waals surface area contributed by atoms with Gasteiger partial charge in [0, 0.05) is 23.2 Å². The van der Waals surface area contributed by atoms with Gasteiger partial charge in [0.15, 0.2) is 0 Å². The number of benzene rings is 2. The zero-order valence-electron chi connectivity index (χ0n) is 12.8. The van der Waals surface area contributed by atoms with Gasteiger partial charge in [-0.25, -0.2) is 0 Å². The summed E-state index contributed by atoms with van der Waals surface area (Å²) in [5, 5.41) is 4.74. The molecule has 0 radical (unpaired) electrons. The largest absolute Gasteiger partial charge is 0.351 e. The molecule has 0 saturated heterocycles. The van der Waals surface area contributed by atoms with E-state index in [1.165, 1.54) is 0 Å². The summed E-state index contributed by atoms with van der Waals surface area (Å²) >= 11 is 5.89. The van der Waals surface area contributed by atoms with Crippen LogP contribution in [0.25, 0.3) is 10.9 Å². The van der Waals surface area contributed by atoms with Gasteiger partial charge in [-0.3, -0.25) is 9.78 Å². The number of fused-ring (bicyclic) bond motifs is 1. The van der Waals surface area contributed by atoms with Gasteiger partial charge in [-0.05, 0) is 42.3 Å². The van der Waals surface area contributed by atoms with E-state index in [-0.39, 0.29) is 11.8 Å². The molecule has 23 heavy (non-hydrogen) atoms. The lowest BCUT2D eigenvalue weighted by atomic mass is 10.0. The van der Waals surface area contributed by atoms with E-state index >= 15 is 0 Å². The smallest absolute Gasteiger partial charge is 0.227 e. The quantitative estimate of drug-likeness (QED) is 0.777. The van der Waals surface area contributed by atoms with E-state index in [0.29, 0.717) is 11.6 Å². The molecule has 0 aliphatic carbocycles. The molecule has 3 aromatic rings. The second kappa shape index (κ2) is 6.80. The molecule has 116 valence electrons. The third-order valence-corrected chi connectivity index (χ3v) is 4.21. The highest BCUT2D eigenvalue weighted by Gasteiger charge is 2.15. The molecular formula is C19H17ClN2O. The fourth-order valence-corrected chi connectivity index (χ4v) is 2.67. The van der Waals surface area contributed by atoms with Gasteiger partial charge in [0.1, 0.15) is 0 Å². The molecule has 4 heteroatoms. The fraction of sp³-hybridized carbons (Fsp3) is 0.158. The van der Waals surface area contributed by atoms with Crippen molar-refractivity contribution >= 4 is 28.4 Å². The summed E-state index contributed by atoms with van der Waals surface area (Å²) in [7, 11) is 0. The number of halogens is 1. The Labute approximate surface area is 140 Å². The topological polar surface area (TPSA) is 42.0 Å². The highest BCUT2D eigenvalue weighted by atomic mass is 35.5. The molecule has 1 aromatic heterocycles. The number of pyridine rings is 1. The van der Waals surface area contributed by atoms with Gasteiger partial charge in [-0.15, -0.1) is 0 Å². The van der Waals surface area contributed by atoms with E-state index in [9.17, 15) is 4.79 Å². The molecule has 1 N–H and O–H groups in total. The minimum Gasteiger partial charge on any atom is -0.351 e. The Morgan fingerprint density at radius 3 is 2.65 bits per heavy atom. The van der Waals surface area contributed by atoms with E-state index in [1.807, 2.05) is 49.4 Å². The van der Waals surface area contributed by atoms with Crippen molar-refractivity contribution in [2.45, 2.75) is 19.4 Å². The van der Waals surface area contributed by atoms with Crippen LogP contribution in [0.5, 0.6) is 0 Å². The second-order valence-corrected chi connectivity index (χ2v) is 5.91. The summed E-state index contributed by atoms with van der Waals surface area (Å²) in [6, 6.07) is 17.2. The lowest BCUT2D eigenvalue weighted by Gasteiger charge is -2.13. The summed E-state index contributed by atoms with van der Waals surface area (Å²) in [4.78, 5) is 16.7. The molecule has 0 saturated carbocycles. The minimum absolute atomic E-state index is 0.00628. The molecule has 0 bridgehead atoms. The van der Waals surface area contributed by atoms with E-state index in [4.69, 9.17) is 11.6 Å². The number of amides is 1. The Balaban J connectivity index is 1.72. The van der Waals surface area contributed by atoms with Gasteiger partial charge in [0.05, 0.1) is 11.4 Å². The van der Waals surface area contributed by atoms with Crippen LogP contribution in [-0.4, -0.2) is 10.9 Å². The van der Waals surface area contributed by atoms with Crippen LogP contribution in [0, 0.1) is 0 Å². The number of hydrogen-bond donors (Lipinski definition) is 1. The van der Waals surface area contributed by atoms with Crippen LogP contribution in [0.15, 0.2) is 60.8 Å². The van der Waals surface area contributed by atoms with Crippen LogP contribution in [-0.2, 0) is 11.3 Å². The van der Waals surface area contributed by atoms with E-state index in [2.05, 4.69) is 10.3 Å². The Morgan fingerprint density at radius 1 is 1.13 bits per heavy atom. The lowest BCUT2D eigenvalue weighted by molar-refractivity contribution is -0.122. The Hall–Kier alpha value is -2.39. The minimum atomic E-state index is -0.222. The first-order valence-electron chi connectivity index (χ1n) is 7.51. The number of para-hydroxylation sites is 1. The highest BCUT2D eigenvalue weighted by Crippen LogP contribution is 2.19. The first-order chi connectivity index (χ1) is 11.1. The van der Waals surface area contributed by atoms with Gasteiger partial charge in [0.25, 0.3) is 0 Å². The van der Waals surface area contributed by atoms with Crippen LogP contribution in [0.4, 0.5) is 0 Å². The van der Waals surface area contributed by atoms with Crippen LogP contribution in [0.3, 0.4) is 0 Å². The van der Waals surface area contributed by atoms with E-state index < -0.39 is 0 Å². The summed E-state index contributed by atoms with van der Waals surface area (Å²) in [6.07, 6.45) is 1.77. The molecule has 1 amide bonds. The molecule has 3 nitrogen and oxygen atoms in total. The average molecular weight is 325 g/mol. The van der Waals surface area contributed by atoms with Crippen LogP contribution >= 0.6 is 11.6 Å². The average Bonchev–Trinajstić information content (AvgIpc) is 2.59. The Bertz CT molecular complexity index is 825. The number of hydrogen-bond acceptors (Lipinski definition) is 2. The van der Waals surface area contributed by atoms with Crippen LogP contribution in [0.1, 0.15) is 24.0 Å². The third-order valence-electron chi connectivity index (χ3n) is 3.96. The Kier molecular flexibility index (Phi) is 4.58. The fourth-order valence-electron chi connectivity index (χ4n) is 2.55. The summed E-state index contributed by atoms with van der Waals surface area (Å²) in [5.74, 6) is -0.228. The molecule has 0 fully saturated rings. The van der Waals surface area contributed by atoms with Crippen molar-refractivity contribution in [2.75, 3.05) is 0 Å². The molecule has 1 atom stereocenters. The standard InChI is InChI=1S/C19H17ClN2O/c1-13(14-6-8-16(20)9-7-14)19(23)22-12-15-10-11-21-18-5-3-2-4-17(15)18/h2-11,13H,12H2,1H3,(H,22,23). The number of aromatic nitrogens is 1. The van der Waals surface area contributed by atoms with E-state index in [1.54, 1.807) is 18.3 Å². The number of nitrogens with zero attached hydrogens (tertiary/aromatic N) is 1. The van der Waals surface area contributed by atoms with Gasteiger partial charge in [-0.1, -0.05) is 41.9 Å². The summed E-state index contributed by atoms with van der Waals surface area (Å²) in [5.41, 5.74) is 2.95. The van der Waals surface area contributed by atoms with Crippen LogP contribution in [0.2, 0.25) is 5.02 Å². The van der Waals surface area contributed by atoms with Crippen molar-refractivity contribution in [3.05, 3.63) is 76.9 Å². The van der Waals surface area contributed by atoms with Crippen molar-refractivity contribution in [3.63, 3.8) is 0 Å². The number of nitrogens with one attached hydrogen (secondary N) is 1. The molecule has 0 spiro atoms. The SMILES string of the molecule is CC(C(=O)NCc1ccnc2ccccc12)c1ccc(Cl)cc1. The number of rotatable bonds is 4. The maximum atomic E-state index is 12.4. The van der Waals surface area contributed by atoms with Crippen molar-refractivity contribution in [1.82, 2.24) is 10.3 Å². The maximum absolute atomic E-state index is 12.4. The third kappa shape index (κ3) is 3.51. The van der Waals surface area contributed by atoms with Gasteiger partial charge >= 0.3 is 0 Å². The van der Waals surface area contributed by atoms with Crippen molar-refractivity contribution < 1.29 is 4.79 Å². The first kappa shape index (κ1) is 15.5. The lowest BCUT2D eigenvalue weighted by Crippen LogP contribution is -2.27. The van der Waals surface area contributed by atoms with Gasteiger partial charge < -0.3 is 5.32 Å². The van der Waals surface area contributed by atoms with Gasteiger partial charge in [-0.2, -0.15) is 0 Å².